The Morgan fingerprint density at radius 3 is 2.64 bits per heavy atom. The Labute approximate surface area is 194 Å². The number of nitrogens with zero attached hydrogens (tertiary/aromatic N) is 3. The summed E-state index contributed by atoms with van der Waals surface area (Å²) >= 11 is 0. The lowest BCUT2D eigenvalue weighted by atomic mass is 9.95. The molecule has 2 amide bonds. The molecule has 6 nitrogen and oxygen atoms in total. The highest BCUT2D eigenvalue weighted by Crippen LogP contribution is 2.44. The fourth-order valence-corrected chi connectivity index (χ4v) is 6.14. The van der Waals surface area contributed by atoms with Crippen LogP contribution in [0.3, 0.4) is 0 Å². The van der Waals surface area contributed by atoms with Crippen LogP contribution in [0.4, 0.5) is 5.69 Å². The first-order valence-corrected chi connectivity index (χ1v) is 12.2. The van der Waals surface area contributed by atoms with Gasteiger partial charge in [-0.2, -0.15) is 0 Å². The van der Waals surface area contributed by atoms with E-state index < -0.39 is 0 Å². The van der Waals surface area contributed by atoms with Crippen LogP contribution in [0.15, 0.2) is 48.5 Å². The molecule has 1 atom stereocenters. The molecule has 0 saturated heterocycles. The zero-order valence-corrected chi connectivity index (χ0v) is 19.1. The van der Waals surface area contributed by atoms with Gasteiger partial charge in [0.25, 0.3) is 5.91 Å². The molecule has 1 aromatic heterocycles. The molecular weight excluding hydrogens is 412 g/mol. The van der Waals surface area contributed by atoms with E-state index in [-0.39, 0.29) is 30.6 Å². The fourth-order valence-electron chi connectivity index (χ4n) is 6.14. The summed E-state index contributed by atoms with van der Waals surface area (Å²) in [5.74, 6) is 0.135. The topological polar surface area (TPSA) is 57.6 Å². The van der Waals surface area contributed by atoms with Gasteiger partial charge >= 0.3 is 0 Å². The monoisotopic (exact) mass is 442 g/mol. The normalized spacial score (nSPS) is 20.4. The first-order valence-electron chi connectivity index (χ1n) is 12.2. The minimum atomic E-state index is -0.217. The third-order valence-electron chi connectivity index (χ3n) is 7.68. The maximum Gasteiger partial charge on any atom is 0.257 e. The van der Waals surface area contributed by atoms with Crippen LogP contribution in [-0.4, -0.2) is 40.9 Å². The highest BCUT2D eigenvalue weighted by atomic mass is 16.2. The molecule has 1 unspecified atom stereocenters. The van der Waals surface area contributed by atoms with E-state index in [2.05, 4.69) is 40.0 Å². The minimum absolute atomic E-state index is 0.0627. The molecule has 3 aliphatic rings. The minimum Gasteiger partial charge on any atom is -0.352 e. The molecule has 0 bridgehead atoms. The average Bonchev–Trinajstić information content (AvgIpc) is 3.16. The summed E-state index contributed by atoms with van der Waals surface area (Å²) in [6, 6.07) is 16.5. The molecule has 1 fully saturated rings. The predicted octanol–water partition coefficient (Wildman–Crippen LogP) is 4.24. The second-order valence-corrected chi connectivity index (χ2v) is 9.62. The first kappa shape index (κ1) is 20.3. The molecule has 6 heteroatoms. The summed E-state index contributed by atoms with van der Waals surface area (Å²) in [7, 11) is 2.06. The Balaban J connectivity index is 1.44. The van der Waals surface area contributed by atoms with Crippen LogP contribution in [0.2, 0.25) is 0 Å². The van der Waals surface area contributed by atoms with Crippen LogP contribution in [0, 0.1) is 0 Å². The van der Waals surface area contributed by atoms with Gasteiger partial charge in [-0.15, -0.1) is 0 Å². The predicted molar refractivity (Wildman–Crippen MR) is 129 cm³/mol. The molecule has 3 aromatic rings. The number of fused-ring (bicyclic) bond motifs is 6. The van der Waals surface area contributed by atoms with Crippen molar-refractivity contribution in [2.75, 3.05) is 18.5 Å². The number of para-hydroxylation sites is 2. The van der Waals surface area contributed by atoms with Crippen LogP contribution in [0.5, 0.6) is 0 Å². The molecule has 6 rings (SSSR count). The van der Waals surface area contributed by atoms with Gasteiger partial charge in [-0.25, -0.2) is 0 Å². The van der Waals surface area contributed by atoms with Crippen LogP contribution >= 0.6 is 0 Å². The van der Waals surface area contributed by atoms with Crippen LogP contribution in [0.25, 0.3) is 10.9 Å². The second kappa shape index (κ2) is 7.94. The lowest BCUT2D eigenvalue weighted by Crippen LogP contribution is -2.51. The van der Waals surface area contributed by atoms with Gasteiger partial charge in [0.15, 0.2) is 0 Å². The third kappa shape index (κ3) is 3.23. The largest absolute Gasteiger partial charge is 0.352 e. The molecule has 33 heavy (non-hydrogen) atoms. The summed E-state index contributed by atoms with van der Waals surface area (Å²) in [6.45, 7) is 0.956. The summed E-state index contributed by atoms with van der Waals surface area (Å²) in [5, 5.41) is 4.47. The first-order chi connectivity index (χ1) is 16.1. The van der Waals surface area contributed by atoms with E-state index in [1.54, 1.807) is 0 Å². The molecular formula is C27H30N4O2. The van der Waals surface area contributed by atoms with E-state index in [4.69, 9.17) is 0 Å². The number of carbonyl (C=O) groups is 2. The summed E-state index contributed by atoms with van der Waals surface area (Å²) < 4.78 is 2.16. The van der Waals surface area contributed by atoms with E-state index in [1.165, 1.54) is 30.2 Å². The number of hydrogen-bond donors (Lipinski definition) is 1. The van der Waals surface area contributed by atoms with E-state index in [9.17, 15) is 9.59 Å². The molecule has 0 spiro atoms. The van der Waals surface area contributed by atoms with E-state index in [0.29, 0.717) is 6.54 Å². The Hall–Kier alpha value is -3.28. The van der Waals surface area contributed by atoms with E-state index in [1.807, 2.05) is 35.2 Å². The van der Waals surface area contributed by atoms with E-state index in [0.717, 1.165) is 41.7 Å². The van der Waals surface area contributed by atoms with Gasteiger partial charge in [0.1, 0.15) is 12.7 Å². The Morgan fingerprint density at radius 1 is 1.03 bits per heavy atom. The number of aromatic nitrogens is 1. The van der Waals surface area contributed by atoms with Crippen LogP contribution in [0.1, 0.15) is 59.9 Å². The number of rotatable bonds is 3. The lowest BCUT2D eigenvalue weighted by Gasteiger charge is -2.46. The maximum atomic E-state index is 13.4. The number of benzene rings is 2. The van der Waals surface area contributed by atoms with Gasteiger partial charge < -0.3 is 19.7 Å². The highest BCUT2D eigenvalue weighted by molar-refractivity contribution is 6.02. The van der Waals surface area contributed by atoms with Crippen molar-refractivity contribution in [3.63, 3.8) is 0 Å². The van der Waals surface area contributed by atoms with Gasteiger partial charge in [-0.3, -0.25) is 9.59 Å². The fraction of sp³-hybridized carbons (Fsp3) is 0.407. The molecule has 0 radical (unpaired) electrons. The van der Waals surface area contributed by atoms with Crippen molar-refractivity contribution >= 4 is 28.4 Å². The summed E-state index contributed by atoms with van der Waals surface area (Å²) in [4.78, 5) is 30.8. The molecule has 3 heterocycles. The Morgan fingerprint density at radius 2 is 1.79 bits per heavy atom. The molecule has 1 saturated carbocycles. The highest BCUT2D eigenvalue weighted by Gasteiger charge is 2.42. The molecule has 1 N–H and O–H groups in total. The quantitative estimate of drug-likeness (QED) is 0.660. The van der Waals surface area contributed by atoms with Crippen molar-refractivity contribution in [1.29, 1.82) is 0 Å². The van der Waals surface area contributed by atoms with E-state index >= 15 is 0 Å². The second-order valence-electron chi connectivity index (χ2n) is 9.62. The van der Waals surface area contributed by atoms with Crippen LogP contribution < -0.4 is 10.2 Å². The standard InChI is InChI=1S/C27H30N4O2/c1-29-22-13-7-6-12-21(22)27(33)30-16-15-20-19-11-5-8-14-23(19)31(25(20)26(29)30)17-24(32)28-18-9-3-2-4-10-18/h5-8,11-14,18,26H,2-4,9-10,15-17H2,1H3,(H,28,32). The van der Waals surface area contributed by atoms with Gasteiger partial charge in [-0.1, -0.05) is 49.6 Å². The number of hydrogen-bond acceptors (Lipinski definition) is 3. The van der Waals surface area contributed by atoms with Crippen molar-refractivity contribution in [3.8, 4) is 0 Å². The molecule has 1 aliphatic carbocycles. The maximum absolute atomic E-state index is 13.4. The lowest BCUT2D eigenvalue weighted by molar-refractivity contribution is -0.122. The van der Waals surface area contributed by atoms with Gasteiger partial charge in [0.05, 0.1) is 16.9 Å². The number of carbonyl (C=O) groups excluding carboxylic acids is 2. The zero-order chi connectivity index (χ0) is 22.5. The summed E-state index contributed by atoms with van der Waals surface area (Å²) in [5.41, 5.74) is 5.10. The number of anilines is 1. The van der Waals surface area contributed by atoms with Crippen molar-refractivity contribution in [2.45, 2.75) is 57.3 Å². The van der Waals surface area contributed by atoms with Gasteiger partial charge in [-0.05, 0) is 43.0 Å². The smallest absolute Gasteiger partial charge is 0.257 e. The van der Waals surface area contributed by atoms with Crippen molar-refractivity contribution in [2.24, 2.45) is 0 Å². The molecule has 2 aromatic carbocycles. The zero-order valence-electron chi connectivity index (χ0n) is 19.1. The van der Waals surface area contributed by atoms with Crippen LogP contribution in [-0.2, 0) is 17.8 Å². The number of amides is 2. The molecule has 2 aliphatic heterocycles. The third-order valence-corrected chi connectivity index (χ3v) is 7.68. The SMILES string of the molecule is CN1c2ccccc2C(=O)N2CCc3c(n(CC(=O)NC4CCCCC4)c4ccccc34)C21. The van der Waals surface area contributed by atoms with Crippen molar-refractivity contribution < 1.29 is 9.59 Å². The van der Waals surface area contributed by atoms with Gasteiger partial charge in [0, 0.05) is 30.5 Å². The summed E-state index contributed by atoms with van der Waals surface area (Å²) in [6.07, 6.45) is 6.37. The van der Waals surface area contributed by atoms with Crippen molar-refractivity contribution in [3.05, 3.63) is 65.4 Å². The molecule has 170 valence electrons. The van der Waals surface area contributed by atoms with Crippen molar-refractivity contribution in [1.82, 2.24) is 14.8 Å². The average molecular weight is 443 g/mol. The Bertz CT molecular complexity index is 1240. The van der Waals surface area contributed by atoms with Gasteiger partial charge in [0.2, 0.25) is 5.91 Å². The number of nitrogens with one attached hydrogen (secondary N) is 1. The Kier molecular flexibility index (Phi) is 4.89.